The van der Waals surface area contributed by atoms with Gasteiger partial charge in [0, 0.05) is 18.7 Å². The molecule has 0 aliphatic heterocycles. The summed E-state index contributed by atoms with van der Waals surface area (Å²) in [7, 11) is 0. The second-order valence-electron chi connectivity index (χ2n) is 7.97. The van der Waals surface area contributed by atoms with Crippen molar-refractivity contribution < 1.29 is 14.7 Å². The molecule has 0 fully saturated rings. The van der Waals surface area contributed by atoms with E-state index in [0.29, 0.717) is 6.54 Å². The Morgan fingerprint density at radius 1 is 0.607 bits per heavy atom. The number of amides is 1. The highest BCUT2D eigenvalue weighted by molar-refractivity contribution is 5.93. The van der Waals surface area contributed by atoms with E-state index in [1.165, 1.54) is 103 Å². The van der Waals surface area contributed by atoms with Crippen molar-refractivity contribution in [2.45, 2.75) is 122 Å². The predicted octanol–water partition coefficient (Wildman–Crippen LogP) is 6.79. The van der Waals surface area contributed by atoms with Crippen LogP contribution in [-0.2, 0) is 9.59 Å². The number of carboxylic acids is 1. The largest absolute Gasteiger partial charge is 0.478 e. The molecule has 0 radical (unpaired) electrons. The van der Waals surface area contributed by atoms with Crippen LogP contribution in [0.4, 0.5) is 0 Å². The summed E-state index contributed by atoms with van der Waals surface area (Å²) < 4.78 is 0. The van der Waals surface area contributed by atoms with Gasteiger partial charge in [0.1, 0.15) is 0 Å². The van der Waals surface area contributed by atoms with Gasteiger partial charge in [0.05, 0.1) is 0 Å². The molecule has 0 aromatic carbocycles. The zero-order chi connectivity index (χ0) is 20.7. The van der Waals surface area contributed by atoms with Crippen LogP contribution < -0.4 is 5.32 Å². The van der Waals surface area contributed by atoms with Crippen LogP contribution >= 0.6 is 0 Å². The van der Waals surface area contributed by atoms with E-state index in [4.69, 9.17) is 5.11 Å². The standard InChI is InChI=1S/C24H45NO3/c1-2-3-4-5-6-7-8-9-10-11-12-13-14-15-16-17-18-19-22-25-23(26)20-21-24(27)28/h20-21H,2-19,22H2,1H3,(H,25,26)(H,27,28)/b21-20-. The molecule has 0 atom stereocenters. The zero-order valence-electron chi connectivity index (χ0n) is 18.4. The molecule has 0 aromatic heterocycles. The number of aliphatic carboxylic acids is 1. The summed E-state index contributed by atoms with van der Waals surface area (Å²) in [6, 6.07) is 0. The fourth-order valence-electron chi connectivity index (χ4n) is 3.44. The van der Waals surface area contributed by atoms with Gasteiger partial charge in [-0.15, -0.1) is 0 Å². The molecule has 1 amide bonds. The first-order valence-electron chi connectivity index (χ1n) is 11.9. The second-order valence-corrected chi connectivity index (χ2v) is 7.97. The van der Waals surface area contributed by atoms with Crippen molar-refractivity contribution in [2.75, 3.05) is 6.54 Å². The lowest BCUT2D eigenvalue weighted by molar-refractivity contribution is -0.131. The Morgan fingerprint density at radius 2 is 0.964 bits per heavy atom. The van der Waals surface area contributed by atoms with E-state index in [1.54, 1.807) is 0 Å². The van der Waals surface area contributed by atoms with Crippen molar-refractivity contribution in [3.05, 3.63) is 12.2 Å². The van der Waals surface area contributed by atoms with Crippen molar-refractivity contribution in [3.63, 3.8) is 0 Å². The third-order valence-corrected chi connectivity index (χ3v) is 5.21. The van der Waals surface area contributed by atoms with E-state index in [-0.39, 0.29) is 5.91 Å². The summed E-state index contributed by atoms with van der Waals surface area (Å²) in [5.41, 5.74) is 0. The summed E-state index contributed by atoms with van der Waals surface area (Å²) in [5.74, 6) is -1.42. The van der Waals surface area contributed by atoms with Gasteiger partial charge in [-0.2, -0.15) is 0 Å². The van der Waals surface area contributed by atoms with Gasteiger partial charge in [0.15, 0.2) is 0 Å². The minimum atomic E-state index is -1.09. The number of hydrogen-bond donors (Lipinski definition) is 2. The monoisotopic (exact) mass is 395 g/mol. The average Bonchev–Trinajstić information content (AvgIpc) is 2.68. The van der Waals surface area contributed by atoms with Gasteiger partial charge >= 0.3 is 5.97 Å². The lowest BCUT2D eigenvalue weighted by Gasteiger charge is -2.04. The molecular formula is C24H45NO3. The molecule has 0 bridgehead atoms. The number of nitrogens with one attached hydrogen (secondary N) is 1. The first kappa shape index (κ1) is 26.7. The quantitative estimate of drug-likeness (QED) is 0.166. The van der Waals surface area contributed by atoms with Gasteiger partial charge in [-0.05, 0) is 6.42 Å². The number of carbonyl (C=O) groups excluding carboxylic acids is 1. The van der Waals surface area contributed by atoms with E-state index in [0.717, 1.165) is 25.0 Å². The van der Waals surface area contributed by atoms with Crippen LogP contribution in [0.25, 0.3) is 0 Å². The fourth-order valence-corrected chi connectivity index (χ4v) is 3.44. The van der Waals surface area contributed by atoms with Gasteiger partial charge < -0.3 is 10.4 Å². The first-order valence-corrected chi connectivity index (χ1v) is 11.9. The molecule has 0 aliphatic carbocycles. The lowest BCUT2D eigenvalue weighted by atomic mass is 10.0. The van der Waals surface area contributed by atoms with Crippen LogP contribution in [0.2, 0.25) is 0 Å². The van der Waals surface area contributed by atoms with Crippen molar-refractivity contribution in [2.24, 2.45) is 0 Å². The Bertz CT molecular complexity index is 393. The van der Waals surface area contributed by atoms with Gasteiger partial charge in [-0.3, -0.25) is 4.79 Å². The maximum Gasteiger partial charge on any atom is 0.328 e. The molecule has 0 rings (SSSR count). The van der Waals surface area contributed by atoms with Crippen LogP contribution in [0, 0.1) is 0 Å². The average molecular weight is 396 g/mol. The highest BCUT2D eigenvalue weighted by Gasteiger charge is 1.97. The Labute approximate surface area is 173 Å². The lowest BCUT2D eigenvalue weighted by Crippen LogP contribution is -2.22. The van der Waals surface area contributed by atoms with E-state index < -0.39 is 5.97 Å². The minimum Gasteiger partial charge on any atom is -0.478 e. The van der Waals surface area contributed by atoms with Crippen LogP contribution in [-0.4, -0.2) is 23.5 Å². The Kier molecular flexibility index (Phi) is 20.9. The Morgan fingerprint density at radius 3 is 1.32 bits per heavy atom. The number of carbonyl (C=O) groups is 2. The molecular weight excluding hydrogens is 350 g/mol. The highest BCUT2D eigenvalue weighted by atomic mass is 16.4. The molecule has 0 unspecified atom stereocenters. The summed E-state index contributed by atoms with van der Waals surface area (Å²) >= 11 is 0. The molecule has 0 saturated heterocycles. The zero-order valence-corrected chi connectivity index (χ0v) is 18.4. The van der Waals surface area contributed by atoms with E-state index in [1.807, 2.05) is 0 Å². The van der Waals surface area contributed by atoms with Crippen LogP contribution in [0.3, 0.4) is 0 Å². The van der Waals surface area contributed by atoms with Gasteiger partial charge in [-0.25, -0.2) is 4.79 Å². The topological polar surface area (TPSA) is 66.4 Å². The van der Waals surface area contributed by atoms with Crippen LogP contribution in [0.15, 0.2) is 12.2 Å². The Balaban J connectivity index is 3.12. The maximum absolute atomic E-state index is 11.3. The van der Waals surface area contributed by atoms with Gasteiger partial charge in [0.2, 0.25) is 5.91 Å². The first-order chi connectivity index (χ1) is 13.7. The summed E-state index contributed by atoms with van der Waals surface area (Å²) in [6.07, 6.45) is 26.2. The van der Waals surface area contributed by atoms with Crippen molar-refractivity contribution in [1.82, 2.24) is 5.32 Å². The van der Waals surface area contributed by atoms with Crippen LogP contribution in [0.1, 0.15) is 122 Å². The third-order valence-electron chi connectivity index (χ3n) is 5.21. The fraction of sp³-hybridized carbons (Fsp3) is 0.833. The second kappa shape index (κ2) is 22.0. The smallest absolute Gasteiger partial charge is 0.328 e. The molecule has 4 nitrogen and oxygen atoms in total. The number of carboxylic acid groups (broad SMARTS) is 1. The third kappa shape index (κ3) is 22.7. The molecule has 2 N–H and O–H groups in total. The Hall–Kier alpha value is -1.32. The number of unbranched alkanes of at least 4 members (excludes halogenated alkanes) is 17. The normalized spacial score (nSPS) is 11.2. The van der Waals surface area contributed by atoms with E-state index in [9.17, 15) is 9.59 Å². The molecule has 4 heteroatoms. The molecule has 0 aliphatic rings. The van der Waals surface area contributed by atoms with E-state index >= 15 is 0 Å². The van der Waals surface area contributed by atoms with Crippen LogP contribution in [0.5, 0.6) is 0 Å². The van der Waals surface area contributed by atoms with E-state index in [2.05, 4.69) is 12.2 Å². The summed E-state index contributed by atoms with van der Waals surface area (Å²) in [5, 5.41) is 11.1. The molecule has 0 heterocycles. The van der Waals surface area contributed by atoms with Crippen molar-refractivity contribution in [1.29, 1.82) is 0 Å². The molecule has 28 heavy (non-hydrogen) atoms. The highest BCUT2D eigenvalue weighted by Crippen LogP contribution is 2.14. The molecule has 0 spiro atoms. The maximum atomic E-state index is 11.3. The minimum absolute atomic E-state index is 0.325. The number of hydrogen-bond acceptors (Lipinski definition) is 2. The van der Waals surface area contributed by atoms with Gasteiger partial charge in [0.25, 0.3) is 0 Å². The predicted molar refractivity (Wildman–Crippen MR) is 119 cm³/mol. The van der Waals surface area contributed by atoms with Crippen molar-refractivity contribution >= 4 is 11.9 Å². The van der Waals surface area contributed by atoms with Gasteiger partial charge in [-0.1, -0.05) is 116 Å². The molecule has 0 saturated carbocycles. The molecule has 164 valence electrons. The molecule has 0 aromatic rings. The van der Waals surface area contributed by atoms with Crippen molar-refractivity contribution in [3.8, 4) is 0 Å². The summed E-state index contributed by atoms with van der Waals surface area (Å²) in [6.45, 7) is 2.90. The number of rotatable bonds is 21. The summed E-state index contributed by atoms with van der Waals surface area (Å²) in [4.78, 5) is 21.6. The SMILES string of the molecule is CCCCCCCCCCCCCCCCCCCCNC(=O)/C=C\C(=O)O.